The molecule has 0 unspecified atom stereocenters. The molecule has 0 amide bonds. The van der Waals surface area contributed by atoms with Crippen molar-refractivity contribution < 1.29 is 4.74 Å². The van der Waals surface area contributed by atoms with Crippen LogP contribution in [0.5, 0.6) is 5.75 Å². The van der Waals surface area contributed by atoms with Crippen LogP contribution in [0.15, 0.2) is 12.1 Å². The van der Waals surface area contributed by atoms with E-state index >= 15 is 0 Å². The van der Waals surface area contributed by atoms with Crippen LogP contribution in [-0.2, 0) is 6.54 Å². The standard InChI is InChI=1S/C15H25NO/c1-5-13(6-2)10-17-15-11(3)7-14(9-16)8-12(15)4/h7-8,13H,5-6,9-10,16H2,1-4H3. The molecule has 1 rings (SSSR count). The average molecular weight is 235 g/mol. The van der Waals surface area contributed by atoms with Crippen molar-refractivity contribution in [3.8, 4) is 5.75 Å². The van der Waals surface area contributed by atoms with Gasteiger partial charge in [-0.05, 0) is 36.5 Å². The Hall–Kier alpha value is -1.02. The quantitative estimate of drug-likeness (QED) is 0.818. The molecule has 17 heavy (non-hydrogen) atoms. The lowest BCUT2D eigenvalue weighted by molar-refractivity contribution is 0.238. The molecule has 0 fully saturated rings. The highest BCUT2D eigenvalue weighted by molar-refractivity contribution is 5.43. The van der Waals surface area contributed by atoms with Gasteiger partial charge in [-0.1, -0.05) is 38.8 Å². The van der Waals surface area contributed by atoms with Crippen molar-refractivity contribution in [3.63, 3.8) is 0 Å². The Labute approximate surface area is 105 Å². The number of ether oxygens (including phenoxy) is 1. The van der Waals surface area contributed by atoms with Crippen LogP contribution < -0.4 is 10.5 Å². The van der Waals surface area contributed by atoms with Crippen molar-refractivity contribution in [1.29, 1.82) is 0 Å². The van der Waals surface area contributed by atoms with Crippen molar-refractivity contribution in [1.82, 2.24) is 0 Å². The number of benzene rings is 1. The minimum Gasteiger partial charge on any atom is -0.493 e. The van der Waals surface area contributed by atoms with Crippen molar-refractivity contribution in [2.75, 3.05) is 6.61 Å². The number of hydrogen-bond acceptors (Lipinski definition) is 2. The molecular weight excluding hydrogens is 210 g/mol. The minimum absolute atomic E-state index is 0.592. The SMILES string of the molecule is CCC(CC)COc1c(C)cc(CN)cc1C. The zero-order chi connectivity index (χ0) is 12.8. The van der Waals surface area contributed by atoms with E-state index in [-0.39, 0.29) is 0 Å². The Balaban J connectivity index is 2.77. The fourth-order valence-electron chi connectivity index (χ4n) is 2.11. The highest BCUT2D eigenvalue weighted by Gasteiger charge is 2.09. The summed E-state index contributed by atoms with van der Waals surface area (Å²) < 4.78 is 5.97. The molecule has 0 spiro atoms. The van der Waals surface area contributed by atoms with Crippen LogP contribution in [-0.4, -0.2) is 6.61 Å². The third kappa shape index (κ3) is 3.74. The fraction of sp³-hybridized carbons (Fsp3) is 0.600. The third-order valence-electron chi connectivity index (χ3n) is 3.37. The molecule has 0 aliphatic rings. The van der Waals surface area contributed by atoms with Crippen LogP contribution >= 0.6 is 0 Å². The molecule has 2 nitrogen and oxygen atoms in total. The van der Waals surface area contributed by atoms with E-state index in [4.69, 9.17) is 10.5 Å². The Morgan fingerprint density at radius 2 is 1.65 bits per heavy atom. The number of rotatable bonds is 6. The summed E-state index contributed by atoms with van der Waals surface area (Å²) in [5, 5.41) is 0. The lowest BCUT2D eigenvalue weighted by Crippen LogP contribution is -2.11. The summed E-state index contributed by atoms with van der Waals surface area (Å²) in [5.74, 6) is 1.69. The molecule has 0 aliphatic carbocycles. The molecule has 1 aromatic rings. The molecule has 1 aromatic carbocycles. The number of aryl methyl sites for hydroxylation is 2. The predicted molar refractivity (Wildman–Crippen MR) is 73.4 cm³/mol. The Morgan fingerprint density at radius 3 is 2.06 bits per heavy atom. The van der Waals surface area contributed by atoms with E-state index in [1.165, 1.54) is 29.5 Å². The zero-order valence-electron chi connectivity index (χ0n) is 11.5. The molecule has 0 atom stereocenters. The summed E-state index contributed by atoms with van der Waals surface area (Å²) in [6.07, 6.45) is 2.35. The maximum absolute atomic E-state index is 5.97. The molecule has 0 heterocycles. The highest BCUT2D eigenvalue weighted by atomic mass is 16.5. The second-order valence-electron chi connectivity index (χ2n) is 4.76. The van der Waals surface area contributed by atoms with E-state index < -0.39 is 0 Å². The van der Waals surface area contributed by atoms with Gasteiger partial charge < -0.3 is 10.5 Å². The fourth-order valence-corrected chi connectivity index (χ4v) is 2.11. The first-order valence-electron chi connectivity index (χ1n) is 6.55. The van der Waals surface area contributed by atoms with E-state index in [1.807, 2.05) is 0 Å². The van der Waals surface area contributed by atoms with Gasteiger partial charge in [0, 0.05) is 6.54 Å². The Morgan fingerprint density at radius 1 is 1.12 bits per heavy atom. The van der Waals surface area contributed by atoms with Gasteiger partial charge in [-0.2, -0.15) is 0 Å². The van der Waals surface area contributed by atoms with Crippen LogP contribution in [0.3, 0.4) is 0 Å². The first kappa shape index (κ1) is 14.0. The molecule has 2 N–H and O–H groups in total. The van der Waals surface area contributed by atoms with Crippen LogP contribution in [0.1, 0.15) is 43.4 Å². The first-order chi connectivity index (χ1) is 8.12. The third-order valence-corrected chi connectivity index (χ3v) is 3.37. The highest BCUT2D eigenvalue weighted by Crippen LogP contribution is 2.25. The van der Waals surface area contributed by atoms with Gasteiger partial charge in [-0.15, -0.1) is 0 Å². The minimum atomic E-state index is 0.592. The lowest BCUT2D eigenvalue weighted by atomic mass is 10.0. The van der Waals surface area contributed by atoms with Crippen molar-refractivity contribution >= 4 is 0 Å². The topological polar surface area (TPSA) is 35.2 Å². The van der Waals surface area contributed by atoms with E-state index in [0.717, 1.165) is 12.4 Å². The molecule has 0 saturated carbocycles. The number of nitrogens with two attached hydrogens (primary N) is 1. The van der Waals surface area contributed by atoms with Gasteiger partial charge in [0.05, 0.1) is 6.61 Å². The molecular formula is C15H25NO. The van der Waals surface area contributed by atoms with E-state index in [0.29, 0.717) is 12.5 Å². The average Bonchev–Trinajstić information content (AvgIpc) is 2.32. The Kier molecular flexibility index (Phi) is 5.49. The lowest BCUT2D eigenvalue weighted by Gasteiger charge is -2.17. The van der Waals surface area contributed by atoms with Gasteiger partial charge >= 0.3 is 0 Å². The van der Waals surface area contributed by atoms with Gasteiger partial charge in [-0.25, -0.2) is 0 Å². The van der Waals surface area contributed by atoms with Crippen LogP contribution in [0.25, 0.3) is 0 Å². The zero-order valence-corrected chi connectivity index (χ0v) is 11.5. The van der Waals surface area contributed by atoms with Gasteiger partial charge in [-0.3, -0.25) is 0 Å². The van der Waals surface area contributed by atoms with Crippen molar-refractivity contribution in [2.45, 2.75) is 47.1 Å². The maximum Gasteiger partial charge on any atom is 0.125 e. The second-order valence-corrected chi connectivity index (χ2v) is 4.76. The molecule has 0 saturated heterocycles. The summed E-state index contributed by atoms with van der Waals surface area (Å²) in [5.41, 5.74) is 9.22. The number of hydrogen-bond donors (Lipinski definition) is 1. The molecule has 0 aromatic heterocycles. The van der Waals surface area contributed by atoms with Crippen LogP contribution in [0.2, 0.25) is 0 Å². The van der Waals surface area contributed by atoms with Crippen molar-refractivity contribution in [3.05, 3.63) is 28.8 Å². The molecule has 0 bridgehead atoms. The largest absolute Gasteiger partial charge is 0.493 e. The van der Waals surface area contributed by atoms with Gasteiger partial charge in [0.25, 0.3) is 0 Å². The predicted octanol–water partition coefficient (Wildman–Crippen LogP) is 3.58. The summed E-state index contributed by atoms with van der Waals surface area (Å²) in [6, 6.07) is 4.24. The normalized spacial score (nSPS) is 10.9. The molecule has 0 aliphatic heterocycles. The van der Waals surface area contributed by atoms with E-state index in [1.54, 1.807) is 0 Å². The van der Waals surface area contributed by atoms with Gasteiger partial charge in [0.2, 0.25) is 0 Å². The van der Waals surface area contributed by atoms with Gasteiger partial charge in [0.1, 0.15) is 5.75 Å². The molecule has 96 valence electrons. The first-order valence-corrected chi connectivity index (χ1v) is 6.55. The smallest absolute Gasteiger partial charge is 0.125 e. The van der Waals surface area contributed by atoms with E-state index in [9.17, 15) is 0 Å². The second kappa shape index (κ2) is 6.65. The molecule has 0 radical (unpaired) electrons. The summed E-state index contributed by atoms with van der Waals surface area (Å²) in [6.45, 7) is 10.0. The van der Waals surface area contributed by atoms with Crippen LogP contribution in [0.4, 0.5) is 0 Å². The van der Waals surface area contributed by atoms with Gasteiger partial charge in [0.15, 0.2) is 0 Å². The molecule has 2 heteroatoms. The summed E-state index contributed by atoms with van der Waals surface area (Å²) >= 11 is 0. The van der Waals surface area contributed by atoms with E-state index in [2.05, 4.69) is 39.8 Å². The monoisotopic (exact) mass is 235 g/mol. The maximum atomic E-state index is 5.97. The van der Waals surface area contributed by atoms with Crippen molar-refractivity contribution in [2.24, 2.45) is 11.7 Å². The van der Waals surface area contributed by atoms with Crippen LogP contribution in [0, 0.1) is 19.8 Å². The summed E-state index contributed by atoms with van der Waals surface area (Å²) in [7, 11) is 0. The summed E-state index contributed by atoms with van der Waals surface area (Å²) in [4.78, 5) is 0. The Bertz CT molecular complexity index is 333.